The lowest BCUT2D eigenvalue weighted by atomic mass is 10.0. The second-order valence-corrected chi connectivity index (χ2v) is 8.22. The van der Waals surface area contributed by atoms with Gasteiger partial charge in [0.2, 0.25) is 10.0 Å². The quantitative estimate of drug-likeness (QED) is 0.740. The number of sulfonamides is 1. The second kappa shape index (κ2) is 8.51. The molecule has 0 atom stereocenters. The summed E-state index contributed by atoms with van der Waals surface area (Å²) < 4.78 is 69.0. The Bertz CT molecular complexity index is 1080. The minimum absolute atomic E-state index is 0.000998. The number of hydrogen-bond acceptors (Lipinski definition) is 6. The zero-order valence-electron chi connectivity index (χ0n) is 15.7. The van der Waals surface area contributed by atoms with Crippen LogP contribution < -0.4 is 15.4 Å². The predicted octanol–water partition coefficient (Wildman–Crippen LogP) is 2.67. The first kappa shape index (κ1) is 21.9. The molecule has 0 radical (unpaired) electrons. The highest BCUT2D eigenvalue weighted by Gasteiger charge is 2.34. The van der Waals surface area contributed by atoms with Crippen molar-refractivity contribution >= 4 is 21.4 Å². The molecule has 3 rings (SSSR count). The maximum Gasteiger partial charge on any atom is 0.416 e. The highest BCUT2D eigenvalue weighted by atomic mass is 32.2. The average Bonchev–Trinajstić information content (AvgIpc) is 2.71. The Balaban J connectivity index is 1.87. The van der Waals surface area contributed by atoms with E-state index in [-0.39, 0.29) is 28.3 Å². The van der Waals surface area contributed by atoms with Gasteiger partial charge in [-0.15, -0.1) is 0 Å². The number of primary sulfonamides is 1. The molecule has 1 fully saturated rings. The van der Waals surface area contributed by atoms with Crippen molar-refractivity contribution in [3.05, 3.63) is 53.1 Å². The smallest absolute Gasteiger partial charge is 0.380 e. The molecular formula is C19H19F3N4O3S. The van der Waals surface area contributed by atoms with Crippen LogP contribution in [0.1, 0.15) is 16.7 Å². The Morgan fingerprint density at radius 1 is 1.17 bits per heavy atom. The van der Waals surface area contributed by atoms with Crippen molar-refractivity contribution in [2.24, 2.45) is 5.14 Å². The summed E-state index contributed by atoms with van der Waals surface area (Å²) >= 11 is 0. The summed E-state index contributed by atoms with van der Waals surface area (Å²) in [5.74, 6) is 0. The van der Waals surface area contributed by atoms with Crippen molar-refractivity contribution in [1.29, 1.82) is 5.26 Å². The highest BCUT2D eigenvalue weighted by molar-refractivity contribution is 7.89. The first-order valence-corrected chi connectivity index (χ1v) is 10.5. The lowest BCUT2D eigenvalue weighted by molar-refractivity contribution is -0.138. The normalized spacial score (nSPS) is 15.0. The topological polar surface area (TPSA) is 108 Å². The molecule has 0 aromatic heterocycles. The summed E-state index contributed by atoms with van der Waals surface area (Å²) in [5, 5.41) is 17.1. The molecule has 0 amide bonds. The number of rotatable bonds is 5. The lowest BCUT2D eigenvalue weighted by Crippen LogP contribution is -2.36. The minimum Gasteiger partial charge on any atom is -0.380 e. The SMILES string of the molecule is N#Cc1cc(S(N)(=O)=O)ccc1NCc1ccc(N2CCOCC2)cc1C(F)(F)F. The Morgan fingerprint density at radius 3 is 2.47 bits per heavy atom. The Kier molecular flexibility index (Phi) is 6.21. The van der Waals surface area contributed by atoms with E-state index in [2.05, 4.69) is 5.32 Å². The van der Waals surface area contributed by atoms with Gasteiger partial charge in [-0.2, -0.15) is 18.4 Å². The summed E-state index contributed by atoms with van der Waals surface area (Å²) in [5.41, 5.74) is -0.155. The molecule has 30 heavy (non-hydrogen) atoms. The van der Waals surface area contributed by atoms with Gasteiger partial charge in [0, 0.05) is 25.3 Å². The minimum atomic E-state index is -4.56. The fraction of sp³-hybridized carbons (Fsp3) is 0.316. The van der Waals surface area contributed by atoms with Crippen LogP contribution in [0.5, 0.6) is 0 Å². The summed E-state index contributed by atoms with van der Waals surface area (Å²) in [6, 6.07) is 9.50. The number of nitrogens with one attached hydrogen (secondary N) is 1. The maximum atomic E-state index is 13.6. The van der Waals surface area contributed by atoms with Crippen molar-refractivity contribution in [2.75, 3.05) is 36.5 Å². The molecule has 0 aliphatic carbocycles. The third kappa shape index (κ3) is 5.02. The van der Waals surface area contributed by atoms with E-state index in [1.807, 2.05) is 11.0 Å². The molecule has 0 bridgehead atoms. The van der Waals surface area contributed by atoms with Gasteiger partial charge in [-0.25, -0.2) is 13.6 Å². The number of morpholine rings is 1. The average molecular weight is 440 g/mol. The van der Waals surface area contributed by atoms with E-state index in [0.717, 1.165) is 12.1 Å². The number of anilines is 2. The van der Waals surface area contributed by atoms with Crippen LogP contribution in [0.4, 0.5) is 24.5 Å². The molecule has 0 saturated carbocycles. The van der Waals surface area contributed by atoms with Gasteiger partial charge in [-0.05, 0) is 35.9 Å². The zero-order valence-corrected chi connectivity index (χ0v) is 16.6. The molecule has 0 unspecified atom stereocenters. The van der Waals surface area contributed by atoms with Gasteiger partial charge in [0.15, 0.2) is 0 Å². The van der Waals surface area contributed by atoms with Crippen LogP contribution in [0.25, 0.3) is 0 Å². The van der Waals surface area contributed by atoms with Crippen LogP contribution in [0.2, 0.25) is 0 Å². The summed E-state index contributed by atoms with van der Waals surface area (Å²) in [6.45, 7) is 1.72. The van der Waals surface area contributed by atoms with Gasteiger partial charge in [0.1, 0.15) is 6.07 Å². The van der Waals surface area contributed by atoms with E-state index < -0.39 is 21.8 Å². The van der Waals surface area contributed by atoms with Gasteiger partial charge in [0.05, 0.1) is 34.9 Å². The number of nitriles is 1. The Labute approximate surface area is 171 Å². The first-order valence-electron chi connectivity index (χ1n) is 8.93. The molecule has 160 valence electrons. The molecule has 1 saturated heterocycles. The molecule has 1 heterocycles. The van der Waals surface area contributed by atoms with Crippen molar-refractivity contribution in [1.82, 2.24) is 0 Å². The number of ether oxygens (including phenoxy) is 1. The Hall–Kier alpha value is -2.81. The molecule has 7 nitrogen and oxygen atoms in total. The lowest BCUT2D eigenvalue weighted by Gasteiger charge is -2.29. The molecule has 1 aliphatic heterocycles. The molecule has 2 aromatic carbocycles. The van der Waals surface area contributed by atoms with E-state index in [4.69, 9.17) is 9.88 Å². The molecule has 0 spiro atoms. The second-order valence-electron chi connectivity index (χ2n) is 6.66. The van der Waals surface area contributed by atoms with Gasteiger partial charge >= 0.3 is 6.18 Å². The first-order chi connectivity index (χ1) is 14.1. The van der Waals surface area contributed by atoms with Crippen molar-refractivity contribution in [3.63, 3.8) is 0 Å². The maximum absolute atomic E-state index is 13.6. The van der Waals surface area contributed by atoms with Crippen LogP contribution in [-0.4, -0.2) is 34.7 Å². The summed E-state index contributed by atoms with van der Waals surface area (Å²) in [6.07, 6.45) is -4.56. The van der Waals surface area contributed by atoms with E-state index in [1.165, 1.54) is 18.2 Å². The van der Waals surface area contributed by atoms with Gasteiger partial charge in [0.25, 0.3) is 0 Å². The van der Waals surface area contributed by atoms with E-state index in [1.54, 1.807) is 6.07 Å². The zero-order chi connectivity index (χ0) is 21.9. The number of hydrogen-bond donors (Lipinski definition) is 2. The molecule has 2 aromatic rings. The van der Waals surface area contributed by atoms with Crippen molar-refractivity contribution in [2.45, 2.75) is 17.6 Å². The largest absolute Gasteiger partial charge is 0.416 e. The van der Waals surface area contributed by atoms with Gasteiger partial charge in [-0.3, -0.25) is 0 Å². The number of nitrogens with two attached hydrogens (primary N) is 1. The van der Waals surface area contributed by atoms with Crippen LogP contribution in [0.3, 0.4) is 0 Å². The van der Waals surface area contributed by atoms with Crippen LogP contribution >= 0.6 is 0 Å². The number of nitrogens with zero attached hydrogens (tertiary/aromatic N) is 2. The number of halogens is 3. The number of benzene rings is 2. The fourth-order valence-electron chi connectivity index (χ4n) is 3.14. The van der Waals surface area contributed by atoms with Crippen LogP contribution in [0.15, 0.2) is 41.3 Å². The standard InChI is InChI=1S/C19H19F3N4O3S/c20-19(21,22)17-10-15(26-5-7-29-8-6-26)2-1-13(17)12-25-18-4-3-16(30(24,27)28)9-14(18)11-23/h1-4,9-10,25H,5-8,12H2,(H2,24,27,28). The van der Waals surface area contributed by atoms with Gasteiger partial charge in [-0.1, -0.05) is 6.07 Å². The fourth-order valence-corrected chi connectivity index (χ4v) is 3.68. The highest BCUT2D eigenvalue weighted by Crippen LogP contribution is 2.35. The number of alkyl halides is 3. The van der Waals surface area contributed by atoms with Crippen LogP contribution in [0, 0.1) is 11.3 Å². The van der Waals surface area contributed by atoms with E-state index in [9.17, 15) is 26.9 Å². The molecule has 11 heteroatoms. The third-order valence-corrected chi connectivity index (χ3v) is 5.60. The summed E-state index contributed by atoms with van der Waals surface area (Å²) in [7, 11) is -4.00. The monoisotopic (exact) mass is 440 g/mol. The van der Waals surface area contributed by atoms with Gasteiger partial charge < -0.3 is 15.0 Å². The third-order valence-electron chi connectivity index (χ3n) is 4.68. The molecule has 3 N–H and O–H groups in total. The predicted molar refractivity (Wildman–Crippen MR) is 104 cm³/mol. The van der Waals surface area contributed by atoms with Crippen molar-refractivity contribution < 1.29 is 26.3 Å². The van der Waals surface area contributed by atoms with Crippen molar-refractivity contribution in [3.8, 4) is 6.07 Å². The Morgan fingerprint density at radius 2 is 1.87 bits per heavy atom. The van der Waals surface area contributed by atoms with Crippen LogP contribution in [-0.2, 0) is 27.5 Å². The van der Waals surface area contributed by atoms with E-state index in [0.29, 0.717) is 32.0 Å². The van der Waals surface area contributed by atoms with E-state index >= 15 is 0 Å². The molecule has 1 aliphatic rings. The molecular weight excluding hydrogens is 421 g/mol. The summed E-state index contributed by atoms with van der Waals surface area (Å²) in [4.78, 5) is 1.57.